The van der Waals surface area contributed by atoms with Gasteiger partial charge in [-0.2, -0.15) is 26.9 Å². The molecule has 1 aromatic carbocycles. The minimum Gasteiger partial charge on any atom is -0.375 e. The van der Waals surface area contributed by atoms with Gasteiger partial charge in [0.05, 0.1) is 5.56 Å². The molecule has 0 aromatic heterocycles. The van der Waals surface area contributed by atoms with E-state index in [0.717, 1.165) is 37.3 Å². The molecule has 3 unspecified atom stereocenters. The van der Waals surface area contributed by atoms with Crippen molar-refractivity contribution in [3.63, 3.8) is 0 Å². The number of carbonyl (C=O) groups is 1. The first kappa shape index (κ1) is 20.2. The quantitative estimate of drug-likeness (QED) is 0.521. The Hall–Kier alpha value is -2.08. The van der Waals surface area contributed by atoms with Crippen LogP contribution in [0.2, 0.25) is 0 Å². The van der Waals surface area contributed by atoms with Crippen LogP contribution in [0.3, 0.4) is 0 Å². The minimum atomic E-state index is -5.85. The second-order valence-corrected chi connectivity index (χ2v) is 9.97. The molecule has 0 heterocycles. The van der Waals surface area contributed by atoms with E-state index in [9.17, 15) is 31.6 Å². The zero-order valence-electron chi connectivity index (χ0n) is 15.8. The summed E-state index contributed by atoms with van der Waals surface area (Å²) in [5.41, 5.74) is -4.58. The summed E-state index contributed by atoms with van der Waals surface area (Å²) in [6.07, 6.45) is 4.12. The number of Topliss-reactive ketones (excluding diaryl/α,β-unsaturated/α-hetero) is 1. The molecule has 0 amide bonds. The summed E-state index contributed by atoms with van der Waals surface area (Å²) in [4.78, 5) is 12.4. The average molecular weight is 427 g/mol. The number of rotatable bonds is 2. The number of fused-ring (bicyclic) bond motifs is 5. The molecule has 29 heavy (non-hydrogen) atoms. The molecule has 0 saturated heterocycles. The molecule has 1 aromatic rings. The van der Waals surface area contributed by atoms with E-state index in [4.69, 9.17) is 0 Å². The number of nitriles is 1. The number of benzene rings is 1. The fourth-order valence-electron chi connectivity index (χ4n) is 5.77. The normalized spacial score (nSPS) is 31.4. The largest absolute Gasteiger partial charge is 0.534 e. The van der Waals surface area contributed by atoms with E-state index in [1.54, 1.807) is 6.07 Å². The molecule has 0 bridgehead atoms. The van der Waals surface area contributed by atoms with Gasteiger partial charge in [0.15, 0.2) is 5.75 Å². The van der Waals surface area contributed by atoms with Gasteiger partial charge >= 0.3 is 15.6 Å². The van der Waals surface area contributed by atoms with Crippen molar-refractivity contribution in [2.24, 2.45) is 17.3 Å². The summed E-state index contributed by atoms with van der Waals surface area (Å²) in [5.74, 6) is 0.395. The van der Waals surface area contributed by atoms with Gasteiger partial charge in [-0.1, -0.05) is 13.0 Å². The highest BCUT2D eigenvalue weighted by atomic mass is 32.2. The summed E-state index contributed by atoms with van der Waals surface area (Å²) in [6, 6.07) is 4.58. The van der Waals surface area contributed by atoms with Gasteiger partial charge in [-0.3, -0.25) is 4.79 Å². The first-order valence-corrected chi connectivity index (χ1v) is 11.0. The Balaban J connectivity index is 1.71. The lowest BCUT2D eigenvalue weighted by atomic mass is 9.55. The minimum absolute atomic E-state index is 0.114. The number of nitrogens with zero attached hydrogens (tertiary/aromatic N) is 1. The van der Waals surface area contributed by atoms with Crippen molar-refractivity contribution in [3.8, 4) is 11.8 Å². The van der Waals surface area contributed by atoms with Crippen molar-refractivity contribution in [3.05, 3.63) is 28.8 Å². The van der Waals surface area contributed by atoms with Crippen LogP contribution in [0.15, 0.2) is 12.1 Å². The van der Waals surface area contributed by atoms with E-state index < -0.39 is 21.4 Å². The molecule has 4 atom stereocenters. The third-order valence-corrected chi connectivity index (χ3v) is 8.14. The van der Waals surface area contributed by atoms with Crippen LogP contribution in [0.5, 0.6) is 5.75 Å². The van der Waals surface area contributed by atoms with Gasteiger partial charge in [0.1, 0.15) is 11.9 Å². The fraction of sp³-hybridized carbons (Fsp3) is 0.600. The number of alkyl halides is 3. The van der Waals surface area contributed by atoms with Gasteiger partial charge in [0, 0.05) is 11.8 Å². The topological polar surface area (TPSA) is 84.2 Å². The van der Waals surface area contributed by atoms with Crippen LogP contribution in [-0.2, 0) is 21.3 Å². The van der Waals surface area contributed by atoms with Crippen LogP contribution in [0, 0.1) is 28.6 Å². The van der Waals surface area contributed by atoms with E-state index >= 15 is 0 Å². The van der Waals surface area contributed by atoms with E-state index in [2.05, 4.69) is 4.18 Å². The van der Waals surface area contributed by atoms with Gasteiger partial charge in [0.2, 0.25) is 0 Å². The van der Waals surface area contributed by atoms with Crippen LogP contribution >= 0.6 is 0 Å². The molecule has 0 N–H and O–H groups in total. The predicted molar refractivity (Wildman–Crippen MR) is 96.4 cm³/mol. The van der Waals surface area contributed by atoms with Crippen molar-refractivity contribution >= 4 is 15.9 Å². The SMILES string of the molecule is C[C@]12CCC3c4ccc(OS(=O)(=O)C(F)(F)F)c(C#N)c4CCC3C1CCC2=O. The Kier molecular flexibility index (Phi) is 4.50. The van der Waals surface area contributed by atoms with E-state index in [-0.39, 0.29) is 28.7 Å². The summed E-state index contributed by atoms with van der Waals surface area (Å²) in [6.45, 7) is 2.04. The highest BCUT2D eigenvalue weighted by Crippen LogP contribution is 2.60. The second-order valence-electron chi connectivity index (χ2n) is 8.43. The molecule has 3 aliphatic rings. The molecule has 156 valence electrons. The van der Waals surface area contributed by atoms with Crippen LogP contribution in [0.1, 0.15) is 61.6 Å². The Morgan fingerprint density at radius 2 is 1.93 bits per heavy atom. The molecule has 9 heteroatoms. The summed E-state index contributed by atoms with van der Waals surface area (Å²) < 4.78 is 65.1. The van der Waals surface area contributed by atoms with Gasteiger partial charge in [0.25, 0.3) is 0 Å². The van der Waals surface area contributed by atoms with Crippen LogP contribution < -0.4 is 4.18 Å². The maximum Gasteiger partial charge on any atom is 0.534 e. The van der Waals surface area contributed by atoms with Gasteiger partial charge in [-0.25, -0.2) is 0 Å². The molecule has 0 spiro atoms. The van der Waals surface area contributed by atoms with Crippen LogP contribution in [0.25, 0.3) is 0 Å². The van der Waals surface area contributed by atoms with Crippen LogP contribution in [-0.4, -0.2) is 19.7 Å². The van der Waals surface area contributed by atoms with E-state index in [1.807, 2.05) is 13.0 Å². The Morgan fingerprint density at radius 1 is 1.21 bits per heavy atom. The van der Waals surface area contributed by atoms with Crippen molar-refractivity contribution in [2.75, 3.05) is 0 Å². The first-order valence-electron chi connectivity index (χ1n) is 9.59. The highest BCUT2D eigenvalue weighted by molar-refractivity contribution is 7.88. The molecule has 3 aliphatic carbocycles. The first-order chi connectivity index (χ1) is 13.5. The monoisotopic (exact) mass is 427 g/mol. The summed E-state index contributed by atoms with van der Waals surface area (Å²) in [7, 11) is -5.85. The molecule has 4 rings (SSSR count). The molecule has 2 saturated carbocycles. The summed E-state index contributed by atoms with van der Waals surface area (Å²) >= 11 is 0. The highest BCUT2D eigenvalue weighted by Gasteiger charge is 2.55. The third-order valence-electron chi connectivity index (χ3n) is 7.18. The van der Waals surface area contributed by atoms with Crippen molar-refractivity contribution < 1.29 is 30.6 Å². The van der Waals surface area contributed by atoms with Crippen molar-refractivity contribution in [2.45, 2.75) is 56.9 Å². The Bertz CT molecular complexity index is 1030. The maximum absolute atomic E-state index is 12.7. The lowest BCUT2D eigenvalue weighted by Crippen LogP contribution is -2.42. The van der Waals surface area contributed by atoms with E-state index in [0.29, 0.717) is 24.2 Å². The Labute approximate surface area is 167 Å². The number of hydrogen-bond acceptors (Lipinski definition) is 5. The van der Waals surface area contributed by atoms with Gasteiger partial charge < -0.3 is 4.18 Å². The van der Waals surface area contributed by atoms with E-state index in [1.165, 1.54) is 0 Å². The zero-order chi connectivity index (χ0) is 21.2. The lowest BCUT2D eigenvalue weighted by molar-refractivity contribution is -0.129. The summed E-state index contributed by atoms with van der Waals surface area (Å²) in [5, 5.41) is 9.55. The predicted octanol–water partition coefficient (Wildman–Crippen LogP) is 4.21. The number of carbonyl (C=O) groups excluding carboxylic acids is 1. The number of halogens is 3. The molecule has 0 radical (unpaired) electrons. The third kappa shape index (κ3) is 2.95. The fourth-order valence-corrected chi connectivity index (χ4v) is 6.24. The lowest BCUT2D eigenvalue weighted by Gasteiger charge is -2.48. The number of hydrogen-bond donors (Lipinski definition) is 0. The Morgan fingerprint density at radius 3 is 2.59 bits per heavy atom. The number of ketones is 1. The molecule has 5 nitrogen and oxygen atoms in total. The standard InChI is InChI=1S/C20H20F3NO4S/c1-19-9-8-13-11-4-6-17(28-29(26,27)20(21,22)23)15(10-24)12(11)2-3-14(13)16(19)5-7-18(19)25/h4,6,13-14,16H,2-3,5,7-9H2,1H3/t13?,14?,16?,19-/m0/s1. The maximum atomic E-state index is 12.7. The van der Waals surface area contributed by atoms with Crippen molar-refractivity contribution in [1.82, 2.24) is 0 Å². The smallest absolute Gasteiger partial charge is 0.375 e. The molecular formula is C20H20F3NO4S. The van der Waals surface area contributed by atoms with Crippen LogP contribution in [0.4, 0.5) is 13.2 Å². The zero-order valence-corrected chi connectivity index (χ0v) is 16.6. The molecule has 0 aliphatic heterocycles. The molecule has 2 fully saturated rings. The van der Waals surface area contributed by atoms with Crippen molar-refractivity contribution in [1.29, 1.82) is 5.26 Å². The second kappa shape index (κ2) is 6.46. The average Bonchev–Trinajstić information content (AvgIpc) is 2.95. The van der Waals surface area contributed by atoms with Gasteiger partial charge in [-0.15, -0.1) is 0 Å². The van der Waals surface area contributed by atoms with Gasteiger partial charge in [-0.05, 0) is 67.1 Å². The molecular weight excluding hydrogens is 407 g/mol.